The monoisotopic (exact) mass is 452 g/mol. The summed E-state index contributed by atoms with van der Waals surface area (Å²) in [6.45, 7) is 3.70. The number of hydrogen-bond donors (Lipinski definition) is 0. The second kappa shape index (κ2) is 9.76. The van der Waals surface area contributed by atoms with Crippen molar-refractivity contribution in [3.8, 4) is 11.5 Å². The van der Waals surface area contributed by atoms with E-state index < -0.39 is 4.92 Å². The molecule has 1 fully saturated rings. The Bertz CT molecular complexity index is 1100. The lowest BCUT2D eigenvalue weighted by Crippen LogP contribution is -2.48. The van der Waals surface area contributed by atoms with Gasteiger partial charge in [0, 0.05) is 61.8 Å². The molecule has 1 aliphatic rings. The first-order valence-electron chi connectivity index (χ1n) is 10.1. The lowest BCUT2D eigenvalue weighted by Gasteiger charge is -2.34. The molecule has 0 unspecified atom stereocenters. The van der Waals surface area contributed by atoms with Crippen LogP contribution < -0.4 is 4.74 Å². The molecule has 0 radical (unpaired) electrons. The molecule has 4 rings (SSSR count). The molecule has 1 aromatic heterocycles. The molecule has 0 atom stereocenters. The van der Waals surface area contributed by atoms with Crippen LogP contribution in [0.5, 0.6) is 11.5 Å². The van der Waals surface area contributed by atoms with E-state index >= 15 is 0 Å². The maximum Gasteiger partial charge on any atom is 0.313 e. The summed E-state index contributed by atoms with van der Waals surface area (Å²) in [7, 11) is 0. The molecule has 2 aromatic carbocycles. The van der Waals surface area contributed by atoms with Gasteiger partial charge in [0.2, 0.25) is 5.75 Å². The number of carbonyl (C=O) groups is 1. The molecule has 9 heteroatoms. The van der Waals surface area contributed by atoms with Crippen molar-refractivity contribution in [3.05, 3.63) is 93.3 Å². The van der Waals surface area contributed by atoms with Crippen LogP contribution in [0.15, 0.2) is 67.0 Å². The highest BCUT2D eigenvalue weighted by molar-refractivity contribution is 6.30. The van der Waals surface area contributed by atoms with Gasteiger partial charge >= 0.3 is 5.69 Å². The van der Waals surface area contributed by atoms with Gasteiger partial charge in [0.05, 0.1) is 4.92 Å². The van der Waals surface area contributed by atoms with E-state index in [1.165, 1.54) is 18.2 Å². The molecular formula is C23H21ClN4O4. The Morgan fingerprint density at radius 2 is 1.84 bits per heavy atom. The Kier molecular flexibility index (Phi) is 6.63. The largest absolute Gasteiger partial charge is 0.450 e. The average molecular weight is 453 g/mol. The summed E-state index contributed by atoms with van der Waals surface area (Å²) in [6, 6.07) is 14.8. The maximum atomic E-state index is 12.9. The molecule has 2 heterocycles. The van der Waals surface area contributed by atoms with Gasteiger partial charge in [-0.15, -0.1) is 0 Å². The van der Waals surface area contributed by atoms with Gasteiger partial charge in [0.15, 0.2) is 0 Å². The average Bonchev–Trinajstić information content (AvgIpc) is 2.81. The molecule has 1 aliphatic heterocycles. The van der Waals surface area contributed by atoms with Crippen molar-refractivity contribution in [2.75, 3.05) is 26.2 Å². The summed E-state index contributed by atoms with van der Waals surface area (Å²) in [4.78, 5) is 31.8. The number of aromatic nitrogens is 1. The minimum absolute atomic E-state index is 0.0462. The summed E-state index contributed by atoms with van der Waals surface area (Å²) in [5, 5.41) is 11.5. The summed E-state index contributed by atoms with van der Waals surface area (Å²) in [6.07, 6.45) is 3.62. The molecule has 1 amide bonds. The zero-order valence-corrected chi connectivity index (χ0v) is 17.9. The van der Waals surface area contributed by atoms with Crippen molar-refractivity contribution in [2.24, 2.45) is 0 Å². The molecule has 0 N–H and O–H groups in total. The smallest absolute Gasteiger partial charge is 0.313 e. The maximum absolute atomic E-state index is 12.9. The zero-order valence-electron chi connectivity index (χ0n) is 17.2. The Morgan fingerprint density at radius 1 is 1.09 bits per heavy atom. The van der Waals surface area contributed by atoms with Crippen molar-refractivity contribution in [1.29, 1.82) is 0 Å². The fourth-order valence-electron chi connectivity index (χ4n) is 3.55. The summed E-state index contributed by atoms with van der Waals surface area (Å²) in [5.41, 5.74) is 1.48. The van der Waals surface area contributed by atoms with E-state index in [2.05, 4.69) is 9.88 Å². The number of amides is 1. The van der Waals surface area contributed by atoms with Crippen LogP contribution in [-0.4, -0.2) is 51.8 Å². The standard InChI is InChI=1S/C23H21ClN4O4/c24-19-5-8-22(21(14-19)28(30)31)32-20-6-3-18(4-7-20)23(29)27-12-10-26(11-13-27)16-17-2-1-9-25-15-17/h1-9,14-15H,10-13,16H2. The molecule has 3 aromatic rings. The van der Waals surface area contributed by atoms with Crippen LogP contribution in [0.3, 0.4) is 0 Å². The van der Waals surface area contributed by atoms with Crippen LogP contribution in [0.2, 0.25) is 5.02 Å². The lowest BCUT2D eigenvalue weighted by atomic mass is 10.1. The number of halogens is 1. The molecule has 0 saturated carbocycles. The first-order chi connectivity index (χ1) is 15.5. The molecule has 8 nitrogen and oxygen atoms in total. The van der Waals surface area contributed by atoms with Crippen LogP contribution in [0.25, 0.3) is 0 Å². The first kappa shape index (κ1) is 21.7. The third-order valence-electron chi connectivity index (χ3n) is 5.24. The number of nitro benzene ring substituents is 1. The molecule has 1 saturated heterocycles. The van der Waals surface area contributed by atoms with Crippen LogP contribution in [0.4, 0.5) is 5.69 Å². The topological polar surface area (TPSA) is 88.8 Å². The predicted molar refractivity (Wildman–Crippen MR) is 120 cm³/mol. The number of hydrogen-bond acceptors (Lipinski definition) is 6. The van der Waals surface area contributed by atoms with Crippen molar-refractivity contribution < 1.29 is 14.5 Å². The molecule has 0 bridgehead atoms. The molecule has 32 heavy (non-hydrogen) atoms. The van der Waals surface area contributed by atoms with E-state index in [0.29, 0.717) is 24.4 Å². The number of carbonyl (C=O) groups excluding carboxylic acids is 1. The molecular weight excluding hydrogens is 432 g/mol. The lowest BCUT2D eigenvalue weighted by molar-refractivity contribution is -0.385. The Labute approximate surface area is 190 Å². The third-order valence-corrected chi connectivity index (χ3v) is 5.47. The Morgan fingerprint density at radius 3 is 2.50 bits per heavy atom. The summed E-state index contributed by atoms with van der Waals surface area (Å²) >= 11 is 5.83. The van der Waals surface area contributed by atoms with E-state index in [9.17, 15) is 14.9 Å². The van der Waals surface area contributed by atoms with Crippen molar-refractivity contribution in [1.82, 2.24) is 14.8 Å². The minimum Gasteiger partial charge on any atom is -0.450 e. The van der Waals surface area contributed by atoms with Crippen LogP contribution in [-0.2, 0) is 6.54 Å². The van der Waals surface area contributed by atoms with E-state index in [0.717, 1.165) is 25.2 Å². The quantitative estimate of drug-likeness (QED) is 0.407. The van der Waals surface area contributed by atoms with Crippen LogP contribution >= 0.6 is 11.6 Å². The van der Waals surface area contributed by atoms with Crippen molar-refractivity contribution >= 4 is 23.2 Å². The van der Waals surface area contributed by atoms with Crippen molar-refractivity contribution in [2.45, 2.75) is 6.54 Å². The predicted octanol–water partition coefficient (Wildman–Crippen LogP) is 4.39. The van der Waals surface area contributed by atoms with Gasteiger partial charge in [-0.05, 0) is 48.0 Å². The van der Waals surface area contributed by atoms with E-state index in [1.807, 2.05) is 23.2 Å². The number of rotatable bonds is 6. The van der Waals surface area contributed by atoms with Crippen LogP contribution in [0, 0.1) is 10.1 Å². The summed E-state index contributed by atoms with van der Waals surface area (Å²) in [5.74, 6) is 0.437. The number of nitro groups is 1. The van der Waals surface area contributed by atoms with Gasteiger partial charge in [0.25, 0.3) is 5.91 Å². The number of nitrogens with zero attached hydrogens (tertiary/aromatic N) is 4. The zero-order chi connectivity index (χ0) is 22.5. The Balaban J connectivity index is 1.35. The van der Waals surface area contributed by atoms with Gasteiger partial charge in [-0.3, -0.25) is 24.8 Å². The van der Waals surface area contributed by atoms with E-state index in [-0.39, 0.29) is 22.4 Å². The first-order valence-corrected chi connectivity index (χ1v) is 10.5. The van der Waals surface area contributed by atoms with Gasteiger partial charge in [-0.25, -0.2) is 0 Å². The van der Waals surface area contributed by atoms with Crippen LogP contribution in [0.1, 0.15) is 15.9 Å². The molecule has 0 spiro atoms. The van der Waals surface area contributed by atoms with Gasteiger partial charge < -0.3 is 9.64 Å². The minimum atomic E-state index is -0.549. The number of benzene rings is 2. The van der Waals surface area contributed by atoms with Gasteiger partial charge in [-0.1, -0.05) is 17.7 Å². The highest BCUT2D eigenvalue weighted by Crippen LogP contribution is 2.33. The highest BCUT2D eigenvalue weighted by Gasteiger charge is 2.22. The second-order valence-electron chi connectivity index (χ2n) is 7.43. The normalized spacial score (nSPS) is 14.2. The molecule has 0 aliphatic carbocycles. The number of ether oxygens (including phenoxy) is 1. The van der Waals surface area contributed by atoms with Gasteiger partial charge in [-0.2, -0.15) is 0 Å². The van der Waals surface area contributed by atoms with E-state index in [1.54, 1.807) is 30.5 Å². The highest BCUT2D eigenvalue weighted by atomic mass is 35.5. The molecule has 164 valence electrons. The second-order valence-corrected chi connectivity index (χ2v) is 7.86. The van der Waals surface area contributed by atoms with Crippen molar-refractivity contribution in [3.63, 3.8) is 0 Å². The third kappa shape index (κ3) is 5.22. The SMILES string of the molecule is O=C(c1ccc(Oc2ccc(Cl)cc2[N+](=O)[O-])cc1)N1CCN(Cc2cccnc2)CC1. The summed E-state index contributed by atoms with van der Waals surface area (Å²) < 4.78 is 5.64. The fourth-order valence-corrected chi connectivity index (χ4v) is 3.72. The number of piperazine rings is 1. The fraction of sp³-hybridized carbons (Fsp3) is 0.217. The Hall–Kier alpha value is -3.49. The van der Waals surface area contributed by atoms with E-state index in [4.69, 9.17) is 16.3 Å². The van der Waals surface area contributed by atoms with Gasteiger partial charge in [0.1, 0.15) is 5.75 Å². The number of pyridine rings is 1.